The third kappa shape index (κ3) is 5.78. The zero-order valence-electron chi connectivity index (χ0n) is 19.5. The first-order valence-corrected chi connectivity index (χ1v) is 14.8. The second-order valence-corrected chi connectivity index (χ2v) is 13.0. The quantitative estimate of drug-likeness (QED) is 0.395. The summed E-state index contributed by atoms with van der Waals surface area (Å²) in [6, 6.07) is 21.9. The Morgan fingerprint density at radius 3 is 2.11 bits per heavy atom. The Kier molecular flexibility index (Phi) is 7.98. The molecule has 1 saturated heterocycles. The highest BCUT2D eigenvalue weighted by molar-refractivity contribution is 7.89. The molecule has 6 nitrogen and oxygen atoms in total. The highest BCUT2D eigenvalue weighted by Crippen LogP contribution is 2.28. The van der Waals surface area contributed by atoms with Gasteiger partial charge in [-0.2, -0.15) is 8.61 Å². The molecule has 0 saturated carbocycles. The minimum Gasteiger partial charge on any atom is -0.207 e. The van der Waals surface area contributed by atoms with Crippen LogP contribution in [0.25, 0.3) is 0 Å². The number of hydrogen-bond donors (Lipinski definition) is 0. The van der Waals surface area contributed by atoms with E-state index in [9.17, 15) is 16.8 Å². The van der Waals surface area contributed by atoms with E-state index in [-0.39, 0.29) is 28.9 Å². The maximum atomic E-state index is 13.7. The van der Waals surface area contributed by atoms with Crippen LogP contribution in [0.3, 0.4) is 0 Å². The molecule has 0 amide bonds. The van der Waals surface area contributed by atoms with Crippen LogP contribution in [-0.4, -0.2) is 38.0 Å². The van der Waals surface area contributed by atoms with Crippen LogP contribution in [0, 0.1) is 0 Å². The Balaban J connectivity index is 1.65. The van der Waals surface area contributed by atoms with Crippen molar-refractivity contribution in [1.82, 2.24) is 8.61 Å². The molecule has 0 radical (unpaired) electrons. The normalized spacial score (nSPS) is 17.5. The van der Waals surface area contributed by atoms with Gasteiger partial charge in [0.2, 0.25) is 20.0 Å². The number of rotatable bonds is 8. The molecule has 4 rings (SSSR count). The van der Waals surface area contributed by atoms with E-state index in [0.717, 1.165) is 24.8 Å². The van der Waals surface area contributed by atoms with E-state index >= 15 is 0 Å². The molecule has 0 spiro atoms. The summed E-state index contributed by atoms with van der Waals surface area (Å²) in [5.74, 6) is 0. The number of hydrogen-bond acceptors (Lipinski definition) is 4. The molecule has 0 unspecified atom stereocenters. The van der Waals surface area contributed by atoms with Gasteiger partial charge in [0.25, 0.3) is 0 Å². The zero-order valence-corrected chi connectivity index (χ0v) is 21.9. The Hall–Kier alpha value is -2.23. The molecule has 0 bridgehead atoms. The van der Waals surface area contributed by atoms with Gasteiger partial charge < -0.3 is 0 Å². The van der Waals surface area contributed by atoms with Crippen molar-refractivity contribution in [3.63, 3.8) is 0 Å². The van der Waals surface area contributed by atoms with Crippen molar-refractivity contribution in [3.05, 3.63) is 95.0 Å². The molecule has 3 aromatic carbocycles. The molecule has 1 fully saturated rings. The van der Waals surface area contributed by atoms with Gasteiger partial charge in [0, 0.05) is 30.7 Å². The van der Waals surface area contributed by atoms with Crippen molar-refractivity contribution < 1.29 is 16.8 Å². The van der Waals surface area contributed by atoms with Crippen LogP contribution in [-0.2, 0) is 33.1 Å². The van der Waals surface area contributed by atoms with E-state index < -0.39 is 20.0 Å². The summed E-state index contributed by atoms with van der Waals surface area (Å²) in [5, 5.41) is 0.484. The SMILES string of the molecule is C[C@H]1CCCCN1S(=O)(=O)c1ccc(S(=O)(=O)N(Cc2ccccc2)Cc2ccccc2Cl)cc1. The van der Waals surface area contributed by atoms with Crippen molar-refractivity contribution in [1.29, 1.82) is 0 Å². The van der Waals surface area contributed by atoms with E-state index in [1.54, 1.807) is 18.2 Å². The first kappa shape index (κ1) is 25.9. The lowest BCUT2D eigenvalue weighted by atomic mass is 10.1. The summed E-state index contributed by atoms with van der Waals surface area (Å²) in [5.41, 5.74) is 1.52. The molecule has 3 aromatic rings. The Labute approximate surface area is 213 Å². The van der Waals surface area contributed by atoms with Gasteiger partial charge in [-0.25, -0.2) is 16.8 Å². The molecule has 1 aliphatic heterocycles. The molecule has 35 heavy (non-hydrogen) atoms. The van der Waals surface area contributed by atoms with Crippen molar-refractivity contribution in [2.45, 2.75) is 55.1 Å². The maximum absolute atomic E-state index is 13.7. The second kappa shape index (κ2) is 10.8. The van der Waals surface area contributed by atoms with Crippen molar-refractivity contribution in [2.75, 3.05) is 6.54 Å². The topological polar surface area (TPSA) is 74.8 Å². The van der Waals surface area contributed by atoms with Crippen molar-refractivity contribution in [2.24, 2.45) is 0 Å². The van der Waals surface area contributed by atoms with E-state index in [4.69, 9.17) is 11.6 Å². The van der Waals surface area contributed by atoms with Gasteiger partial charge in [-0.15, -0.1) is 0 Å². The van der Waals surface area contributed by atoms with Gasteiger partial charge >= 0.3 is 0 Å². The van der Waals surface area contributed by atoms with Crippen LogP contribution in [0.2, 0.25) is 5.02 Å². The fraction of sp³-hybridized carbons (Fsp3) is 0.308. The summed E-state index contributed by atoms with van der Waals surface area (Å²) in [4.78, 5) is 0.136. The van der Waals surface area contributed by atoms with Gasteiger partial charge in [-0.1, -0.05) is 66.6 Å². The fourth-order valence-electron chi connectivity index (χ4n) is 4.33. The van der Waals surface area contributed by atoms with Crippen LogP contribution in [0.5, 0.6) is 0 Å². The molecule has 0 aromatic heterocycles. The van der Waals surface area contributed by atoms with Crippen molar-refractivity contribution >= 4 is 31.6 Å². The first-order valence-electron chi connectivity index (χ1n) is 11.6. The third-order valence-electron chi connectivity index (χ3n) is 6.32. The molecule has 0 N–H and O–H groups in total. The van der Waals surface area contributed by atoms with Crippen LogP contribution < -0.4 is 0 Å². The Morgan fingerprint density at radius 1 is 0.829 bits per heavy atom. The molecule has 1 heterocycles. The summed E-state index contributed by atoms with van der Waals surface area (Å²) in [7, 11) is -7.63. The lowest BCUT2D eigenvalue weighted by molar-refractivity contribution is 0.268. The van der Waals surface area contributed by atoms with E-state index in [1.165, 1.54) is 32.9 Å². The van der Waals surface area contributed by atoms with Gasteiger partial charge in [-0.05, 0) is 61.2 Å². The van der Waals surface area contributed by atoms with Crippen LogP contribution >= 0.6 is 11.6 Å². The minimum absolute atomic E-state index is 0.0335. The highest BCUT2D eigenvalue weighted by Gasteiger charge is 2.32. The van der Waals surface area contributed by atoms with Crippen LogP contribution in [0.4, 0.5) is 0 Å². The fourth-order valence-corrected chi connectivity index (χ4v) is 7.63. The molecule has 186 valence electrons. The molecule has 0 aliphatic carbocycles. The number of piperidine rings is 1. The number of benzene rings is 3. The summed E-state index contributed by atoms with van der Waals surface area (Å²) >= 11 is 6.33. The van der Waals surface area contributed by atoms with Crippen molar-refractivity contribution in [3.8, 4) is 0 Å². The average Bonchev–Trinajstić information content (AvgIpc) is 2.86. The summed E-state index contributed by atoms with van der Waals surface area (Å²) in [6.07, 6.45) is 2.65. The molecular formula is C26H29ClN2O4S2. The van der Waals surface area contributed by atoms with Crippen LogP contribution in [0.1, 0.15) is 37.3 Å². The van der Waals surface area contributed by atoms with E-state index in [2.05, 4.69) is 0 Å². The second-order valence-electron chi connectivity index (χ2n) is 8.78. The van der Waals surface area contributed by atoms with Gasteiger partial charge in [0.15, 0.2) is 0 Å². The van der Waals surface area contributed by atoms with E-state index in [0.29, 0.717) is 17.1 Å². The minimum atomic E-state index is -3.95. The summed E-state index contributed by atoms with van der Waals surface area (Å²) < 4.78 is 56.6. The molecule has 1 aliphatic rings. The first-order chi connectivity index (χ1) is 16.7. The molecule has 9 heteroatoms. The predicted molar refractivity (Wildman–Crippen MR) is 138 cm³/mol. The largest absolute Gasteiger partial charge is 0.243 e. The van der Waals surface area contributed by atoms with E-state index in [1.807, 2.05) is 43.3 Å². The third-order valence-corrected chi connectivity index (χ3v) is 10.5. The molecule has 1 atom stereocenters. The standard InChI is InChI=1S/C26H29ClN2O4S2/c1-21-9-7-8-18-29(21)35(32,33)25-16-14-24(15-17-25)34(30,31)28(19-22-10-3-2-4-11-22)20-23-12-5-6-13-26(23)27/h2-6,10-17,21H,7-9,18-20H2,1H3/t21-/m0/s1. The Morgan fingerprint density at radius 2 is 1.46 bits per heavy atom. The number of halogens is 1. The van der Waals surface area contributed by atoms with Crippen LogP contribution in [0.15, 0.2) is 88.7 Å². The lowest BCUT2D eigenvalue weighted by Gasteiger charge is -2.32. The monoisotopic (exact) mass is 532 g/mol. The average molecular weight is 533 g/mol. The number of sulfonamides is 2. The Bertz CT molecular complexity index is 1360. The van der Waals surface area contributed by atoms with Gasteiger partial charge in [0.1, 0.15) is 0 Å². The number of nitrogens with zero attached hydrogens (tertiary/aromatic N) is 2. The van der Waals surface area contributed by atoms with Gasteiger partial charge in [0.05, 0.1) is 9.79 Å². The highest BCUT2D eigenvalue weighted by atomic mass is 35.5. The smallest absolute Gasteiger partial charge is 0.207 e. The lowest BCUT2D eigenvalue weighted by Crippen LogP contribution is -2.41. The molecular weight excluding hydrogens is 504 g/mol. The zero-order chi connectivity index (χ0) is 25.1. The van der Waals surface area contributed by atoms with Gasteiger partial charge in [-0.3, -0.25) is 0 Å². The maximum Gasteiger partial charge on any atom is 0.243 e. The summed E-state index contributed by atoms with van der Waals surface area (Å²) in [6.45, 7) is 2.62. The predicted octanol–water partition coefficient (Wildman–Crippen LogP) is 5.29.